The van der Waals surface area contributed by atoms with Gasteiger partial charge in [0.2, 0.25) is 5.91 Å². The van der Waals surface area contributed by atoms with Crippen LogP contribution in [0.4, 0.5) is 5.69 Å². The molecule has 2 N–H and O–H groups in total. The Labute approximate surface area is 124 Å². The van der Waals surface area contributed by atoms with E-state index in [1.54, 1.807) is 26.0 Å². The van der Waals surface area contributed by atoms with E-state index in [2.05, 4.69) is 10.5 Å². The SMILES string of the molecule is CCc1noc(C)c1NC(=O)CC(C)(O)c1ccccc1. The topological polar surface area (TPSA) is 75.4 Å². The van der Waals surface area contributed by atoms with Crippen LogP contribution in [0.5, 0.6) is 0 Å². The number of anilines is 1. The Morgan fingerprint density at radius 2 is 2.05 bits per heavy atom. The van der Waals surface area contributed by atoms with E-state index in [9.17, 15) is 9.90 Å². The van der Waals surface area contributed by atoms with Gasteiger partial charge in [0.15, 0.2) is 5.76 Å². The molecule has 1 aromatic heterocycles. The van der Waals surface area contributed by atoms with Crippen LogP contribution in [0.15, 0.2) is 34.9 Å². The number of nitrogens with zero attached hydrogens (tertiary/aromatic N) is 1. The van der Waals surface area contributed by atoms with Crippen LogP contribution in [0.2, 0.25) is 0 Å². The molecule has 0 fully saturated rings. The highest BCUT2D eigenvalue weighted by molar-refractivity contribution is 5.92. The summed E-state index contributed by atoms with van der Waals surface area (Å²) in [5.74, 6) is 0.296. The number of carbonyl (C=O) groups is 1. The first kappa shape index (κ1) is 15.3. The number of aromatic nitrogens is 1. The second-order valence-corrected chi connectivity index (χ2v) is 5.28. The normalized spacial score (nSPS) is 13.7. The molecule has 0 aliphatic carbocycles. The fourth-order valence-electron chi connectivity index (χ4n) is 2.22. The molecule has 0 bridgehead atoms. The van der Waals surface area contributed by atoms with Gasteiger partial charge in [-0.25, -0.2) is 0 Å². The number of hydrogen-bond acceptors (Lipinski definition) is 4. The summed E-state index contributed by atoms with van der Waals surface area (Å²) in [6.07, 6.45) is 0.632. The monoisotopic (exact) mass is 288 g/mol. The summed E-state index contributed by atoms with van der Waals surface area (Å²) in [6, 6.07) is 9.14. The van der Waals surface area contributed by atoms with Gasteiger partial charge in [-0.05, 0) is 25.8 Å². The molecule has 1 amide bonds. The number of carbonyl (C=O) groups excluding carboxylic acids is 1. The van der Waals surface area contributed by atoms with Gasteiger partial charge < -0.3 is 14.9 Å². The van der Waals surface area contributed by atoms with Crippen molar-refractivity contribution in [2.75, 3.05) is 5.32 Å². The van der Waals surface area contributed by atoms with Crippen molar-refractivity contribution in [3.63, 3.8) is 0 Å². The van der Waals surface area contributed by atoms with E-state index in [0.29, 0.717) is 29.1 Å². The molecular formula is C16H20N2O3. The zero-order valence-electron chi connectivity index (χ0n) is 12.5. The van der Waals surface area contributed by atoms with Crippen LogP contribution in [-0.4, -0.2) is 16.2 Å². The maximum absolute atomic E-state index is 12.2. The molecule has 0 saturated carbocycles. The van der Waals surface area contributed by atoms with Crippen LogP contribution in [-0.2, 0) is 16.8 Å². The third-order valence-corrected chi connectivity index (χ3v) is 3.43. The fraction of sp³-hybridized carbons (Fsp3) is 0.375. The summed E-state index contributed by atoms with van der Waals surface area (Å²) < 4.78 is 5.07. The van der Waals surface area contributed by atoms with Crippen molar-refractivity contribution in [1.82, 2.24) is 5.16 Å². The minimum absolute atomic E-state index is 0.0369. The van der Waals surface area contributed by atoms with E-state index in [0.717, 1.165) is 0 Å². The molecule has 5 nitrogen and oxygen atoms in total. The van der Waals surface area contributed by atoms with Gasteiger partial charge in [0.25, 0.3) is 0 Å². The maximum atomic E-state index is 12.2. The molecule has 112 valence electrons. The Morgan fingerprint density at radius 1 is 1.38 bits per heavy atom. The Balaban J connectivity index is 2.10. The number of benzene rings is 1. The average molecular weight is 288 g/mol. The van der Waals surface area contributed by atoms with Gasteiger partial charge in [0, 0.05) is 0 Å². The molecule has 2 aromatic rings. The molecule has 21 heavy (non-hydrogen) atoms. The van der Waals surface area contributed by atoms with Gasteiger partial charge in [0.1, 0.15) is 11.4 Å². The predicted octanol–water partition coefficient (Wildman–Crippen LogP) is 2.78. The summed E-state index contributed by atoms with van der Waals surface area (Å²) >= 11 is 0. The molecule has 1 unspecified atom stereocenters. The highest BCUT2D eigenvalue weighted by Crippen LogP contribution is 2.26. The van der Waals surface area contributed by atoms with Crippen LogP contribution in [0.1, 0.15) is 37.3 Å². The quantitative estimate of drug-likeness (QED) is 0.887. The number of rotatable bonds is 5. The highest BCUT2D eigenvalue weighted by Gasteiger charge is 2.27. The number of amides is 1. The molecule has 0 aliphatic heterocycles. The molecule has 0 saturated heterocycles. The van der Waals surface area contributed by atoms with Crippen molar-refractivity contribution in [2.45, 2.75) is 39.2 Å². The van der Waals surface area contributed by atoms with Crippen LogP contribution < -0.4 is 5.32 Å². The third kappa shape index (κ3) is 3.49. The zero-order chi connectivity index (χ0) is 15.5. The zero-order valence-corrected chi connectivity index (χ0v) is 12.5. The minimum Gasteiger partial charge on any atom is -0.385 e. The molecule has 1 heterocycles. The molecule has 5 heteroatoms. The van der Waals surface area contributed by atoms with Crippen LogP contribution in [0.3, 0.4) is 0 Å². The summed E-state index contributed by atoms with van der Waals surface area (Å²) in [5, 5.41) is 17.2. The van der Waals surface area contributed by atoms with Gasteiger partial charge in [-0.15, -0.1) is 0 Å². The lowest BCUT2D eigenvalue weighted by atomic mass is 9.92. The summed E-state index contributed by atoms with van der Waals surface area (Å²) in [7, 11) is 0. The standard InChI is InChI=1S/C16H20N2O3/c1-4-13-15(11(2)21-18-13)17-14(19)10-16(3,20)12-8-6-5-7-9-12/h5-9,20H,4,10H2,1-3H3,(H,17,19). The maximum Gasteiger partial charge on any atom is 0.227 e. The number of nitrogens with one attached hydrogen (secondary N) is 1. The first-order chi connectivity index (χ1) is 9.94. The number of aliphatic hydroxyl groups is 1. The van der Waals surface area contributed by atoms with E-state index in [1.807, 2.05) is 25.1 Å². The molecule has 0 radical (unpaired) electrons. The molecule has 0 aliphatic rings. The first-order valence-corrected chi connectivity index (χ1v) is 6.97. The van der Waals surface area contributed by atoms with Crippen molar-refractivity contribution in [2.24, 2.45) is 0 Å². The largest absolute Gasteiger partial charge is 0.385 e. The van der Waals surface area contributed by atoms with Gasteiger partial charge in [-0.2, -0.15) is 0 Å². The van der Waals surface area contributed by atoms with Gasteiger partial charge in [-0.3, -0.25) is 4.79 Å². The lowest BCUT2D eigenvalue weighted by Crippen LogP contribution is -2.28. The molecule has 0 spiro atoms. The van der Waals surface area contributed by atoms with Crippen molar-refractivity contribution in [3.8, 4) is 0 Å². The molecule has 1 aromatic carbocycles. The van der Waals surface area contributed by atoms with Crippen molar-refractivity contribution in [1.29, 1.82) is 0 Å². The first-order valence-electron chi connectivity index (χ1n) is 6.97. The van der Waals surface area contributed by atoms with Crippen LogP contribution >= 0.6 is 0 Å². The third-order valence-electron chi connectivity index (χ3n) is 3.43. The fourth-order valence-corrected chi connectivity index (χ4v) is 2.22. The molecule has 1 atom stereocenters. The summed E-state index contributed by atoms with van der Waals surface area (Å²) in [5.41, 5.74) is 0.799. The Kier molecular flexibility index (Phi) is 4.43. The van der Waals surface area contributed by atoms with Crippen molar-refractivity contribution >= 4 is 11.6 Å². The van der Waals surface area contributed by atoms with E-state index in [4.69, 9.17) is 4.52 Å². The van der Waals surface area contributed by atoms with Crippen molar-refractivity contribution in [3.05, 3.63) is 47.3 Å². The lowest BCUT2D eigenvalue weighted by Gasteiger charge is -2.23. The summed E-state index contributed by atoms with van der Waals surface area (Å²) in [4.78, 5) is 12.2. The Hall–Kier alpha value is -2.14. The Morgan fingerprint density at radius 3 is 2.67 bits per heavy atom. The van der Waals surface area contributed by atoms with Gasteiger partial charge in [0.05, 0.1) is 12.0 Å². The summed E-state index contributed by atoms with van der Waals surface area (Å²) in [6.45, 7) is 5.31. The molecular weight excluding hydrogens is 268 g/mol. The Bertz CT molecular complexity index is 618. The van der Waals surface area contributed by atoms with E-state index >= 15 is 0 Å². The van der Waals surface area contributed by atoms with Crippen LogP contribution in [0.25, 0.3) is 0 Å². The smallest absolute Gasteiger partial charge is 0.227 e. The number of aryl methyl sites for hydroxylation is 2. The van der Waals surface area contributed by atoms with E-state index in [1.165, 1.54) is 0 Å². The van der Waals surface area contributed by atoms with Gasteiger partial charge in [-0.1, -0.05) is 42.4 Å². The van der Waals surface area contributed by atoms with E-state index in [-0.39, 0.29) is 12.3 Å². The number of hydrogen-bond donors (Lipinski definition) is 2. The second kappa shape index (κ2) is 6.10. The van der Waals surface area contributed by atoms with Gasteiger partial charge >= 0.3 is 0 Å². The van der Waals surface area contributed by atoms with E-state index < -0.39 is 5.60 Å². The lowest BCUT2D eigenvalue weighted by molar-refractivity contribution is -0.120. The highest BCUT2D eigenvalue weighted by atomic mass is 16.5. The minimum atomic E-state index is -1.22. The predicted molar refractivity (Wildman–Crippen MR) is 79.9 cm³/mol. The second-order valence-electron chi connectivity index (χ2n) is 5.28. The van der Waals surface area contributed by atoms with Crippen LogP contribution in [0, 0.1) is 6.92 Å². The average Bonchev–Trinajstić information content (AvgIpc) is 2.80. The molecule has 2 rings (SSSR count). The van der Waals surface area contributed by atoms with Crippen molar-refractivity contribution < 1.29 is 14.4 Å².